The molecule has 1 aromatic rings. The fraction of sp³-hybridized carbons (Fsp3) is 0.333. The molecule has 2 heterocycles. The van der Waals surface area contributed by atoms with Crippen molar-refractivity contribution in [3.63, 3.8) is 0 Å². The van der Waals surface area contributed by atoms with Gasteiger partial charge in [0.25, 0.3) is 16.8 Å². The summed E-state index contributed by atoms with van der Waals surface area (Å²) in [5, 5.41) is 10.3. The molecule has 0 aliphatic carbocycles. The van der Waals surface area contributed by atoms with E-state index in [2.05, 4.69) is 0 Å². The molecule has 2 aliphatic heterocycles. The fourth-order valence-electron chi connectivity index (χ4n) is 2.41. The Hall–Kier alpha value is -2.23. The molecule has 126 valence electrons. The Morgan fingerprint density at radius 2 is 1.88 bits per heavy atom. The summed E-state index contributed by atoms with van der Waals surface area (Å²) in [6.07, 6.45) is 1.58. The topological polar surface area (TPSA) is 93.0 Å². The summed E-state index contributed by atoms with van der Waals surface area (Å²) in [7, 11) is 0. The van der Waals surface area contributed by atoms with E-state index in [4.69, 9.17) is 4.74 Å². The third-order valence-corrected chi connectivity index (χ3v) is 4.63. The lowest BCUT2D eigenvalue weighted by atomic mass is 10.2. The van der Waals surface area contributed by atoms with Gasteiger partial charge >= 0.3 is 0 Å². The number of nitro groups is 1. The zero-order valence-corrected chi connectivity index (χ0v) is 13.5. The van der Waals surface area contributed by atoms with E-state index in [0.717, 1.165) is 11.8 Å². The highest BCUT2D eigenvalue weighted by Gasteiger charge is 2.36. The van der Waals surface area contributed by atoms with Crippen molar-refractivity contribution in [3.05, 3.63) is 44.8 Å². The van der Waals surface area contributed by atoms with E-state index >= 15 is 0 Å². The number of hydrogen-bond acceptors (Lipinski definition) is 7. The quantitative estimate of drug-likeness (QED) is 0.466. The number of nitro benzene ring substituents is 1. The molecule has 2 amide bonds. The van der Waals surface area contributed by atoms with Crippen LogP contribution in [0.1, 0.15) is 5.56 Å². The number of morpholine rings is 1. The van der Waals surface area contributed by atoms with Crippen LogP contribution in [0.5, 0.6) is 0 Å². The number of benzene rings is 1. The SMILES string of the molecule is O=C1SC(=Cc2ccc([N+](=O)[O-])cc2)C(=O)N1CN1CCOCC1. The van der Waals surface area contributed by atoms with Crippen LogP contribution in [-0.2, 0) is 9.53 Å². The van der Waals surface area contributed by atoms with Gasteiger partial charge in [-0.15, -0.1) is 0 Å². The van der Waals surface area contributed by atoms with Gasteiger partial charge in [0, 0.05) is 25.2 Å². The summed E-state index contributed by atoms with van der Waals surface area (Å²) < 4.78 is 5.25. The summed E-state index contributed by atoms with van der Waals surface area (Å²) >= 11 is 0.882. The van der Waals surface area contributed by atoms with Gasteiger partial charge in [-0.2, -0.15) is 0 Å². The lowest BCUT2D eigenvalue weighted by Gasteiger charge is -2.29. The number of carbonyl (C=O) groups is 2. The number of hydrogen-bond donors (Lipinski definition) is 0. The van der Waals surface area contributed by atoms with Gasteiger partial charge in [-0.05, 0) is 35.5 Å². The molecule has 3 rings (SSSR count). The van der Waals surface area contributed by atoms with E-state index in [1.807, 2.05) is 4.90 Å². The Balaban J connectivity index is 1.71. The van der Waals surface area contributed by atoms with Crippen LogP contribution in [0.2, 0.25) is 0 Å². The molecule has 24 heavy (non-hydrogen) atoms. The lowest BCUT2D eigenvalue weighted by molar-refractivity contribution is -0.384. The van der Waals surface area contributed by atoms with Crippen LogP contribution >= 0.6 is 11.8 Å². The maximum Gasteiger partial charge on any atom is 0.294 e. The predicted octanol–water partition coefficient (Wildman–Crippen LogP) is 1.92. The van der Waals surface area contributed by atoms with Crippen LogP contribution in [0.25, 0.3) is 6.08 Å². The van der Waals surface area contributed by atoms with Gasteiger partial charge in [-0.1, -0.05) is 0 Å². The number of non-ortho nitro benzene ring substituents is 1. The molecule has 0 bridgehead atoms. The first-order chi connectivity index (χ1) is 11.5. The first-order valence-electron chi connectivity index (χ1n) is 7.34. The minimum absolute atomic E-state index is 0.0208. The van der Waals surface area contributed by atoms with E-state index in [1.54, 1.807) is 18.2 Å². The summed E-state index contributed by atoms with van der Waals surface area (Å²) in [6.45, 7) is 2.81. The molecule has 0 aromatic heterocycles. The Morgan fingerprint density at radius 3 is 2.50 bits per heavy atom. The number of rotatable bonds is 4. The molecule has 8 nitrogen and oxygen atoms in total. The summed E-state index contributed by atoms with van der Waals surface area (Å²) in [6, 6.07) is 5.83. The minimum Gasteiger partial charge on any atom is -0.379 e. The molecule has 0 saturated carbocycles. The van der Waals surface area contributed by atoms with E-state index in [0.29, 0.717) is 36.8 Å². The zero-order valence-electron chi connectivity index (χ0n) is 12.7. The van der Waals surface area contributed by atoms with Gasteiger partial charge in [-0.25, -0.2) is 0 Å². The Morgan fingerprint density at radius 1 is 1.21 bits per heavy atom. The van der Waals surface area contributed by atoms with Gasteiger partial charge in [0.2, 0.25) is 0 Å². The molecule has 2 aliphatic rings. The molecule has 0 radical (unpaired) electrons. The van der Waals surface area contributed by atoms with Crippen LogP contribution in [0.4, 0.5) is 10.5 Å². The molecule has 1 aromatic carbocycles. The second-order valence-electron chi connectivity index (χ2n) is 5.33. The van der Waals surface area contributed by atoms with E-state index < -0.39 is 4.92 Å². The number of nitrogens with zero attached hydrogens (tertiary/aromatic N) is 3. The van der Waals surface area contributed by atoms with Gasteiger partial charge in [0.1, 0.15) is 0 Å². The second kappa shape index (κ2) is 7.12. The maximum atomic E-state index is 12.4. The number of amides is 2. The van der Waals surface area contributed by atoms with Crippen molar-refractivity contribution in [2.45, 2.75) is 0 Å². The van der Waals surface area contributed by atoms with Crippen molar-refractivity contribution in [2.24, 2.45) is 0 Å². The van der Waals surface area contributed by atoms with Crippen molar-refractivity contribution in [3.8, 4) is 0 Å². The molecule has 0 spiro atoms. The highest BCUT2D eigenvalue weighted by atomic mass is 32.2. The van der Waals surface area contributed by atoms with Gasteiger partial charge < -0.3 is 4.74 Å². The fourth-order valence-corrected chi connectivity index (χ4v) is 3.24. The molecular weight excluding hydrogens is 334 g/mol. The number of thioether (sulfide) groups is 1. The lowest BCUT2D eigenvalue weighted by Crippen LogP contribution is -2.45. The number of imide groups is 1. The van der Waals surface area contributed by atoms with E-state index in [-0.39, 0.29) is 23.5 Å². The molecular formula is C15H15N3O5S. The molecule has 0 N–H and O–H groups in total. The summed E-state index contributed by atoms with van der Waals surface area (Å²) in [4.78, 5) is 38.2. The molecule has 0 atom stereocenters. The Labute approximate surface area is 142 Å². The van der Waals surface area contributed by atoms with Crippen LogP contribution in [0.3, 0.4) is 0 Å². The van der Waals surface area contributed by atoms with E-state index in [9.17, 15) is 19.7 Å². The molecule has 0 unspecified atom stereocenters. The second-order valence-corrected chi connectivity index (χ2v) is 6.32. The van der Waals surface area contributed by atoms with Gasteiger partial charge in [0.05, 0.1) is 29.7 Å². The Kier molecular flexibility index (Phi) is 4.93. The first-order valence-corrected chi connectivity index (χ1v) is 8.16. The van der Waals surface area contributed by atoms with E-state index in [1.165, 1.54) is 17.0 Å². The predicted molar refractivity (Wildman–Crippen MR) is 88.2 cm³/mol. The maximum absolute atomic E-state index is 12.4. The Bertz CT molecular complexity index is 698. The van der Waals surface area contributed by atoms with Crippen molar-refractivity contribution >= 4 is 34.7 Å². The average Bonchev–Trinajstić information content (AvgIpc) is 2.84. The van der Waals surface area contributed by atoms with Crippen LogP contribution in [0, 0.1) is 10.1 Å². The van der Waals surface area contributed by atoms with Crippen LogP contribution in [-0.4, -0.2) is 58.8 Å². The summed E-state index contributed by atoms with van der Waals surface area (Å²) in [5.74, 6) is -0.338. The van der Waals surface area contributed by atoms with Crippen molar-refractivity contribution in [1.29, 1.82) is 0 Å². The highest BCUT2D eigenvalue weighted by Crippen LogP contribution is 2.32. The smallest absolute Gasteiger partial charge is 0.294 e. The van der Waals surface area contributed by atoms with Crippen LogP contribution < -0.4 is 0 Å². The normalized spacial score (nSPS) is 20.8. The van der Waals surface area contributed by atoms with Gasteiger partial charge in [0.15, 0.2) is 0 Å². The third-order valence-electron chi connectivity index (χ3n) is 3.72. The van der Waals surface area contributed by atoms with Crippen molar-refractivity contribution in [2.75, 3.05) is 33.0 Å². The summed E-state index contributed by atoms with van der Waals surface area (Å²) in [5.41, 5.74) is 0.616. The highest BCUT2D eigenvalue weighted by molar-refractivity contribution is 8.18. The third kappa shape index (κ3) is 3.64. The number of carbonyl (C=O) groups excluding carboxylic acids is 2. The average molecular weight is 349 g/mol. The monoisotopic (exact) mass is 349 g/mol. The standard InChI is InChI=1S/C15H15N3O5S/c19-14-13(9-11-1-3-12(4-2-11)18(21)22)24-15(20)17(14)10-16-5-7-23-8-6-16/h1-4,9H,5-8,10H2. The molecule has 2 saturated heterocycles. The molecule has 9 heteroatoms. The zero-order chi connectivity index (χ0) is 17.1. The molecule has 2 fully saturated rings. The van der Waals surface area contributed by atoms with Crippen molar-refractivity contribution < 1.29 is 19.2 Å². The van der Waals surface area contributed by atoms with Gasteiger partial charge in [-0.3, -0.25) is 29.5 Å². The van der Waals surface area contributed by atoms with Crippen LogP contribution in [0.15, 0.2) is 29.2 Å². The first kappa shape index (κ1) is 16.6. The largest absolute Gasteiger partial charge is 0.379 e. The van der Waals surface area contributed by atoms with Crippen molar-refractivity contribution in [1.82, 2.24) is 9.80 Å². The minimum atomic E-state index is -0.486. The number of ether oxygens (including phenoxy) is 1.